The van der Waals surface area contributed by atoms with Crippen molar-refractivity contribution in [1.29, 1.82) is 0 Å². The average molecular weight is 494 g/mol. The Hall–Kier alpha value is -3.20. The molecule has 0 unspecified atom stereocenters. The van der Waals surface area contributed by atoms with E-state index in [4.69, 9.17) is 14.7 Å². The van der Waals surface area contributed by atoms with Crippen LogP contribution < -0.4 is 10.2 Å². The molecule has 3 aromatic rings. The van der Waals surface area contributed by atoms with Crippen LogP contribution in [0.5, 0.6) is 0 Å². The first-order valence-electron chi connectivity index (χ1n) is 12.4. The summed E-state index contributed by atoms with van der Waals surface area (Å²) in [6.07, 6.45) is 5.35. The standard InChI is InChI=1S/C26H31N5O3S/c1-2-34-22(32)17-27-26(33)31-14-12-30(13-15-31)24-23-19-10-6-7-11-20(19)35-25(23)29-21(28-24)16-18-8-4-3-5-9-18/h3-5,8-9H,2,6-7,10-17H2,1H3,(H,27,33). The van der Waals surface area contributed by atoms with Crippen LogP contribution in [0.4, 0.5) is 10.6 Å². The van der Waals surface area contributed by atoms with E-state index in [2.05, 4.69) is 22.3 Å². The summed E-state index contributed by atoms with van der Waals surface area (Å²) >= 11 is 1.83. The molecule has 1 saturated heterocycles. The molecule has 2 aromatic heterocycles. The van der Waals surface area contributed by atoms with Crippen molar-refractivity contribution in [2.75, 3.05) is 44.2 Å². The van der Waals surface area contributed by atoms with Gasteiger partial charge in [0.25, 0.3) is 0 Å². The fraction of sp³-hybridized carbons (Fsp3) is 0.462. The Kier molecular flexibility index (Phi) is 7.13. The largest absolute Gasteiger partial charge is 0.465 e. The summed E-state index contributed by atoms with van der Waals surface area (Å²) in [6.45, 7) is 4.46. The van der Waals surface area contributed by atoms with Gasteiger partial charge in [0.2, 0.25) is 0 Å². The van der Waals surface area contributed by atoms with Gasteiger partial charge in [-0.25, -0.2) is 14.8 Å². The van der Waals surface area contributed by atoms with Gasteiger partial charge in [-0.05, 0) is 43.7 Å². The van der Waals surface area contributed by atoms with Crippen molar-refractivity contribution in [3.8, 4) is 0 Å². The molecule has 1 aliphatic carbocycles. The van der Waals surface area contributed by atoms with Crippen molar-refractivity contribution in [1.82, 2.24) is 20.2 Å². The summed E-state index contributed by atoms with van der Waals surface area (Å²) in [7, 11) is 0. The molecule has 3 heterocycles. The Morgan fingerprint density at radius 1 is 1.06 bits per heavy atom. The molecular formula is C26H31N5O3S. The summed E-state index contributed by atoms with van der Waals surface area (Å²) in [5, 5.41) is 3.87. The third-order valence-electron chi connectivity index (χ3n) is 6.60. The molecule has 5 rings (SSSR count). The normalized spacial score (nSPS) is 15.7. The highest BCUT2D eigenvalue weighted by atomic mass is 32.1. The van der Waals surface area contributed by atoms with E-state index in [1.807, 2.05) is 29.5 Å². The topological polar surface area (TPSA) is 87.7 Å². The van der Waals surface area contributed by atoms with Gasteiger partial charge < -0.3 is 19.9 Å². The summed E-state index contributed by atoms with van der Waals surface area (Å²) < 4.78 is 4.89. The summed E-state index contributed by atoms with van der Waals surface area (Å²) in [5.41, 5.74) is 2.62. The lowest BCUT2D eigenvalue weighted by Gasteiger charge is -2.35. The molecule has 8 nitrogen and oxygen atoms in total. The lowest BCUT2D eigenvalue weighted by Crippen LogP contribution is -2.52. The maximum Gasteiger partial charge on any atom is 0.325 e. The number of nitrogens with zero attached hydrogens (tertiary/aromatic N) is 4. The third kappa shape index (κ3) is 5.24. The molecule has 1 aromatic carbocycles. The number of benzene rings is 1. The molecule has 9 heteroatoms. The second-order valence-corrected chi connectivity index (χ2v) is 10.0. The van der Waals surface area contributed by atoms with Gasteiger partial charge in [-0.15, -0.1) is 11.3 Å². The number of amides is 2. The number of aromatic nitrogens is 2. The number of aryl methyl sites for hydroxylation is 2. The van der Waals surface area contributed by atoms with Gasteiger partial charge in [0.15, 0.2) is 0 Å². The van der Waals surface area contributed by atoms with Crippen LogP contribution in [0.2, 0.25) is 0 Å². The summed E-state index contributed by atoms with van der Waals surface area (Å²) in [6, 6.07) is 10.1. The zero-order valence-corrected chi connectivity index (χ0v) is 20.9. The first kappa shape index (κ1) is 23.5. The molecule has 0 spiro atoms. The molecule has 0 radical (unpaired) electrons. The van der Waals surface area contributed by atoms with Crippen LogP contribution >= 0.6 is 11.3 Å². The molecule has 0 bridgehead atoms. The van der Waals surface area contributed by atoms with Crippen LogP contribution in [-0.4, -0.2) is 66.2 Å². The Bertz CT molecular complexity index is 1200. The Balaban J connectivity index is 1.36. The number of anilines is 1. The number of carbonyl (C=O) groups is 2. The first-order valence-corrected chi connectivity index (χ1v) is 13.2. The minimum absolute atomic E-state index is 0.108. The summed E-state index contributed by atoms with van der Waals surface area (Å²) in [5.74, 6) is 1.43. The van der Waals surface area contributed by atoms with Crippen molar-refractivity contribution in [2.24, 2.45) is 0 Å². The van der Waals surface area contributed by atoms with Crippen molar-refractivity contribution in [2.45, 2.75) is 39.0 Å². The predicted molar refractivity (Wildman–Crippen MR) is 137 cm³/mol. The molecule has 184 valence electrons. The van der Waals surface area contributed by atoms with E-state index in [1.165, 1.54) is 34.2 Å². The second-order valence-electron chi connectivity index (χ2n) is 8.95. The lowest BCUT2D eigenvalue weighted by molar-refractivity contribution is -0.141. The highest BCUT2D eigenvalue weighted by molar-refractivity contribution is 7.19. The van der Waals surface area contributed by atoms with E-state index in [0.29, 0.717) is 39.2 Å². The van der Waals surface area contributed by atoms with Gasteiger partial charge in [-0.2, -0.15) is 0 Å². The first-order chi connectivity index (χ1) is 17.1. The van der Waals surface area contributed by atoms with Gasteiger partial charge in [-0.1, -0.05) is 30.3 Å². The number of piperazine rings is 1. The van der Waals surface area contributed by atoms with Crippen LogP contribution in [0.1, 0.15) is 41.6 Å². The SMILES string of the molecule is CCOC(=O)CNC(=O)N1CCN(c2nc(Cc3ccccc3)nc3sc4c(c23)CCCC4)CC1. The Morgan fingerprint density at radius 2 is 1.83 bits per heavy atom. The van der Waals surface area contributed by atoms with Crippen LogP contribution in [-0.2, 0) is 28.8 Å². The second kappa shape index (κ2) is 10.6. The van der Waals surface area contributed by atoms with Crippen molar-refractivity contribution in [3.63, 3.8) is 0 Å². The van der Waals surface area contributed by atoms with Crippen LogP contribution in [0.25, 0.3) is 10.2 Å². The summed E-state index contributed by atoms with van der Waals surface area (Å²) in [4.78, 5) is 40.8. The molecule has 1 aliphatic heterocycles. The maximum absolute atomic E-state index is 12.5. The Labute approximate surface area is 209 Å². The van der Waals surface area contributed by atoms with Gasteiger partial charge >= 0.3 is 12.0 Å². The van der Waals surface area contributed by atoms with E-state index in [-0.39, 0.29) is 12.6 Å². The number of fused-ring (bicyclic) bond motifs is 3. The highest BCUT2D eigenvalue weighted by Gasteiger charge is 2.27. The molecule has 2 aliphatic rings. The minimum Gasteiger partial charge on any atom is -0.465 e. The molecule has 0 saturated carbocycles. The fourth-order valence-corrected chi connectivity index (χ4v) is 6.14. The van der Waals surface area contributed by atoms with Crippen LogP contribution in [0.15, 0.2) is 30.3 Å². The monoisotopic (exact) mass is 493 g/mol. The lowest BCUT2D eigenvalue weighted by atomic mass is 9.96. The van der Waals surface area contributed by atoms with Gasteiger partial charge in [0.1, 0.15) is 23.0 Å². The number of hydrogen-bond acceptors (Lipinski definition) is 7. The molecular weight excluding hydrogens is 462 g/mol. The molecule has 1 fully saturated rings. The smallest absolute Gasteiger partial charge is 0.325 e. The van der Waals surface area contributed by atoms with Crippen LogP contribution in [0, 0.1) is 0 Å². The number of nitrogens with one attached hydrogen (secondary N) is 1. The van der Waals surface area contributed by atoms with Crippen molar-refractivity contribution < 1.29 is 14.3 Å². The molecule has 2 amide bonds. The molecule has 0 atom stereocenters. The Morgan fingerprint density at radius 3 is 2.60 bits per heavy atom. The van der Waals surface area contributed by atoms with Gasteiger partial charge in [0.05, 0.1) is 12.0 Å². The van der Waals surface area contributed by atoms with E-state index < -0.39 is 5.97 Å². The van der Waals surface area contributed by atoms with E-state index in [1.54, 1.807) is 11.8 Å². The van der Waals surface area contributed by atoms with E-state index in [9.17, 15) is 9.59 Å². The maximum atomic E-state index is 12.5. The molecule has 35 heavy (non-hydrogen) atoms. The zero-order valence-electron chi connectivity index (χ0n) is 20.1. The van der Waals surface area contributed by atoms with Crippen molar-refractivity contribution in [3.05, 3.63) is 52.2 Å². The number of carbonyl (C=O) groups excluding carboxylic acids is 2. The van der Waals surface area contributed by atoms with Crippen LogP contribution in [0.3, 0.4) is 0 Å². The van der Waals surface area contributed by atoms with Gasteiger partial charge in [-0.3, -0.25) is 4.79 Å². The number of rotatable bonds is 6. The quantitative estimate of drug-likeness (QED) is 0.529. The number of ether oxygens (including phenoxy) is 1. The number of hydrogen-bond donors (Lipinski definition) is 1. The fourth-order valence-electron chi connectivity index (χ4n) is 4.86. The minimum atomic E-state index is -0.420. The number of thiophene rings is 1. The van der Waals surface area contributed by atoms with Gasteiger partial charge in [0, 0.05) is 37.5 Å². The predicted octanol–water partition coefficient (Wildman–Crippen LogP) is 3.56. The molecule has 1 N–H and O–H groups in total. The average Bonchev–Trinajstić information content (AvgIpc) is 3.26. The van der Waals surface area contributed by atoms with Crippen molar-refractivity contribution >= 4 is 39.4 Å². The highest BCUT2D eigenvalue weighted by Crippen LogP contribution is 2.40. The van der Waals surface area contributed by atoms with E-state index >= 15 is 0 Å². The zero-order chi connectivity index (χ0) is 24.2. The number of esters is 1. The van der Waals surface area contributed by atoms with E-state index in [0.717, 1.165) is 29.3 Å². The third-order valence-corrected chi connectivity index (χ3v) is 7.79. The number of urea groups is 1.